The van der Waals surface area contributed by atoms with Gasteiger partial charge in [0.25, 0.3) is 0 Å². The average molecular weight is 383 g/mol. The summed E-state index contributed by atoms with van der Waals surface area (Å²) in [6.45, 7) is 2.15. The van der Waals surface area contributed by atoms with Crippen molar-refractivity contribution in [1.82, 2.24) is 4.57 Å². The lowest BCUT2D eigenvalue weighted by Crippen LogP contribution is -2.13. The molecule has 1 aromatic heterocycles. The zero-order chi connectivity index (χ0) is 18.3. The van der Waals surface area contributed by atoms with Gasteiger partial charge in [0.15, 0.2) is 0 Å². The van der Waals surface area contributed by atoms with Crippen molar-refractivity contribution in [3.05, 3.63) is 79.2 Å². The first-order chi connectivity index (χ1) is 12.5. The van der Waals surface area contributed by atoms with Gasteiger partial charge >= 0.3 is 4.87 Å². The van der Waals surface area contributed by atoms with Crippen LogP contribution in [0.2, 0.25) is 5.02 Å². The first-order valence-electron chi connectivity index (χ1n) is 8.07. The normalized spacial score (nSPS) is 14.5. The van der Waals surface area contributed by atoms with E-state index in [1.54, 1.807) is 6.07 Å². The molecule has 0 unspecified atom stereocenters. The number of halogens is 1. The van der Waals surface area contributed by atoms with Gasteiger partial charge in [-0.25, -0.2) is 0 Å². The summed E-state index contributed by atoms with van der Waals surface area (Å²) in [7, 11) is 0. The van der Waals surface area contributed by atoms with Crippen LogP contribution in [0.5, 0.6) is 5.88 Å². The third-order valence-corrected chi connectivity index (χ3v) is 5.61. The Bertz CT molecular complexity index is 1120. The van der Waals surface area contributed by atoms with Crippen LogP contribution in [0.15, 0.2) is 58.3 Å². The molecule has 130 valence electrons. The van der Waals surface area contributed by atoms with Crippen molar-refractivity contribution in [3.8, 4) is 5.88 Å². The van der Waals surface area contributed by atoms with Crippen LogP contribution in [0.25, 0.3) is 11.6 Å². The first-order valence-corrected chi connectivity index (χ1v) is 9.27. The Morgan fingerprint density at radius 2 is 1.92 bits per heavy atom. The molecule has 0 aliphatic carbocycles. The van der Waals surface area contributed by atoms with Gasteiger partial charge in [0.2, 0.25) is 5.88 Å². The zero-order valence-corrected chi connectivity index (χ0v) is 15.5. The molecule has 0 saturated heterocycles. The molecular weight excluding hydrogens is 368 g/mol. The maximum Gasteiger partial charge on any atom is 0.310 e. The molecule has 1 aliphatic rings. The second-order valence-corrected chi connectivity index (χ2v) is 7.41. The number of benzene rings is 2. The van der Waals surface area contributed by atoms with Crippen molar-refractivity contribution in [3.63, 3.8) is 0 Å². The largest absolute Gasteiger partial charge is 0.493 e. The number of thiazole rings is 1. The van der Waals surface area contributed by atoms with E-state index in [-0.39, 0.29) is 17.3 Å². The number of nitrogens with zero attached hydrogens (tertiary/aromatic N) is 2. The Morgan fingerprint density at radius 3 is 2.73 bits per heavy atom. The third-order valence-electron chi connectivity index (χ3n) is 4.33. The number of aliphatic imine (C=N–C) groups is 1. The fraction of sp³-hybridized carbons (Fsp3) is 0.100. The molecule has 26 heavy (non-hydrogen) atoms. The Kier molecular flexibility index (Phi) is 4.26. The van der Waals surface area contributed by atoms with Crippen LogP contribution in [0, 0.1) is 0 Å². The monoisotopic (exact) mass is 382 g/mol. The zero-order valence-electron chi connectivity index (χ0n) is 13.9. The van der Waals surface area contributed by atoms with Crippen molar-refractivity contribution in [2.75, 3.05) is 0 Å². The number of para-hydroxylation sites is 1. The molecule has 3 aromatic rings. The molecule has 0 bridgehead atoms. The molecule has 4 rings (SSSR count). The molecule has 0 saturated carbocycles. The predicted octanol–water partition coefficient (Wildman–Crippen LogP) is 4.96. The Labute approximate surface area is 159 Å². The van der Waals surface area contributed by atoms with Crippen LogP contribution in [0.4, 0.5) is 5.69 Å². The van der Waals surface area contributed by atoms with Gasteiger partial charge in [0.05, 0.1) is 17.1 Å². The molecule has 2 heterocycles. The van der Waals surface area contributed by atoms with E-state index >= 15 is 0 Å². The topological polar surface area (TPSA) is 54.6 Å². The van der Waals surface area contributed by atoms with Crippen LogP contribution < -0.4 is 4.87 Å². The van der Waals surface area contributed by atoms with Crippen LogP contribution >= 0.6 is 22.9 Å². The molecule has 1 N–H and O–H groups in total. The van der Waals surface area contributed by atoms with Gasteiger partial charge in [-0.05, 0) is 30.7 Å². The summed E-state index contributed by atoms with van der Waals surface area (Å²) in [5.74, 6) is -0.0513. The lowest BCUT2D eigenvalue weighted by atomic mass is 10.0. The van der Waals surface area contributed by atoms with Gasteiger partial charge in [0, 0.05) is 21.9 Å². The van der Waals surface area contributed by atoms with Gasteiger partial charge in [-0.1, -0.05) is 59.3 Å². The van der Waals surface area contributed by atoms with E-state index < -0.39 is 0 Å². The minimum atomic E-state index is -0.227. The minimum absolute atomic E-state index is 0.0513. The van der Waals surface area contributed by atoms with Crippen molar-refractivity contribution in [2.45, 2.75) is 13.5 Å². The molecule has 0 fully saturated rings. The van der Waals surface area contributed by atoms with E-state index in [0.717, 1.165) is 39.4 Å². The first kappa shape index (κ1) is 16.8. The highest BCUT2D eigenvalue weighted by atomic mass is 35.5. The highest BCUT2D eigenvalue weighted by Gasteiger charge is 2.20. The number of hydrogen-bond acceptors (Lipinski definition) is 4. The fourth-order valence-corrected chi connectivity index (χ4v) is 4.02. The van der Waals surface area contributed by atoms with Crippen molar-refractivity contribution < 1.29 is 5.11 Å². The predicted molar refractivity (Wildman–Crippen MR) is 108 cm³/mol. The molecule has 1 aliphatic heterocycles. The summed E-state index contributed by atoms with van der Waals surface area (Å²) in [5.41, 5.74) is 4.47. The van der Waals surface area contributed by atoms with Gasteiger partial charge in [-0.15, -0.1) is 0 Å². The Hall–Kier alpha value is -2.63. The van der Waals surface area contributed by atoms with E-state index in [2.05, 4.69) is 4.99 Å². The smallest absolute Gasteiger partial charge is 0.310 e. The van der Waals surface area contributed by atoms with E-state index in [9.17, 15) is 9.90 Å². The lowest BCUT2D eigenvalue weighted by molar-refractivity contribution is 0.420. The number of hydrogen-bond donors (Lipinski definition) is 1. The number of allylic oxidation sites excluding steroid dienone is 1. The summed E-state index contributed by atoms with van der Waals surface area (Å²) in [6, 6.07) is 15.1. The second kappa shape index (κ2) is 6.59. The highest BCUT2D eigenvalue weighted by Crippen LogP contribution is 2.37. The SMILES string of the molecule is CC1=Nc2ccccc2C1=Cc1sc(=O)n(Cc2ccccc2Cl)c1O. The molecule has 4 nitrogen and oxygen atoms in total. The number of aromatic nitrogens is 1. The van der Waals surface area contributed by atoms with Crippen LogP contribution in [-0.4, -0.2) is 15.4 Å². The maximum atomic E-state index is 12.4. The molecule has 0 amide bonds. The molecule has 0 radical (unpaired) electrons. The van der Waals surface area contributed by atoms with E-state index in [4.69, 9.17) is 11.6 Å². The van der Waals surface area contributed by atoms with Crippen molar-refractivity contribution in [1.29, 1.82) is 0 Å². The van der Waals surface area contributed by atoms with Crippen LogP contribution in [-0.2, 0) is 6.54 Å². The van der Waals surface area contributed by atoms with Gasteiger partial charge in [0.1, 0.15) is 0 Å². The lowest BCUT2D eigenvalue weighted by Gasteiger charge is -2.06. The van der Waals surface area contributed by atoms with E-state index in [0.29, 0.717) is 9.90 Å². The summed E-state index contributed by atoms with van der Waals surface area (Å²) in [4.78, 5) is 17.2. The maximum absolute atomic E-state index is 12.4. The number of aromatic hydroxyl groups is 1. The van der Waals surface area contributed by atoms with Gasteiger partial charge in [-0.2, -0.15) is 0 Å². The van der Waals surface area contributed by atoms with Gasteiger partial charge in [-0.3, -0.25) is 14.4 Å². The Morgan fingerprint density at radius 1 is 1.19 bits per heavy atom. The van der Waals surface area contributed by atoms with Crippen molar-refractivity contribution >= 4 is 46.0 Å². The summed E-state index contributed by atoms with van der Waals surface area (Å²) in [5, 5.41) is 11.2. The minimum Gasteiger partial charge on any atom is -0.493 e. The van der Waals surface area contributed by atoms with Gasteiger partial charge < -0.3 is 5.11 Å². The van der Waals surface area contributed by atoms with Crippen LogP contribution in [0.1, 0.15) is 22.9 Å². The number of fused-ring (bicyclic) bond motifs is 1. The van der Waals surface area contributed by atoms with E-state index in [1.807, 2.05) is 55.5 Å². The Balaban J connectivity index is 1.75. The number of rotatable bonds is 3. The molecule has 0 spiro atoms. The second-order valence-electron chi connectivity index (χ2n) is 6.01. The highest BCUT2D eigenvalue weighted by molar-refractivity contribution is 7.10. The molecular formula is C20H15ClN2O2S. The molecule has 6 heteroatoms. The third kappa shape index (κ3) is 2.89. The molecule has 0 atom stereocenters. The van der Waals surface area contributed by atoms with Crippen LogP contribution in [0.3, 0.4) is 0 Å². The quantitative estimate of drug-likeness (QED) is 0.695. The molecule has 2 aromatic carbocycles. The summed E-state index contributed by atoms with van der Waals surface area (Å²) in [6.07, 6.45) is 1.83. The fourth-order valence-electron chi connectivity index (χ4n) is 2.99. The van der Waals surface area contributed by atoms with Crippen molar-refractivity contribution in [2.24, 2.45) is 4.99 Å². The summed E-state index contributed by atoms with van der Waals surface area (Å²) < 4.78 is 1.34. The van der Waals surface area contributed by atoms with E-state index in [1.165, 1.54) is 4.57 Å². The standard InChI is InChI=1S/C20H15ClN2O2S/c1-12-15(14-7-3-5-9-17(14)22-12)10-18-19(24)23(20(25)26-18)11-13-6-2-4-8-16(13)21/h2-10,24H,11H2,1H3. The summed E-state index contributed by atoms with van der Waals surface area (Å²) >= 11 is 7.19. The average Bonchev–Trinajstić information content (AvgIpc) is 3.08.